The topological polar surface area (TPSA) is 39.1 Å². The van der Waals surface area contributed by atoms with E-state index in [1.165, 1.54) is 25.7 Å². The van der Waals surface area contributed by atoms with Crippen LogP contribution in [-0.4, -0.2) is 29.3 Å². The Morgan fingerprint density at radius 2 is 2.17 bits per heavy atom. The van der Waals surface area contributed by atoms with E-state index in [4.69, 9.17) is 4.74 Å². The molecule has 4 heteroatoms. The standard InChI is InChI=1S/C14H25N3O/c1-11(10-18-3)17-9-8-15-14(17)16-12(2)13-6-4-5-7-13/h8-9,11-13H,4-7,10H2,1-3H3,(H,15,16). The van der Waals surface area contributed by atoms with Gasteiger partial charge >= 0.3 is 0 Å². The number of imidazole rings is 1. The predicted molar refractivity (Wildman–Crippen MR) is 73.9 cm³/mol. The lowest BCUT2D eigenvalue weighted by Gasteiger charge is -2.23. The van der Waals surface area contributed by atoms with Crippen molar-refractivity contribution >= 4 is 5.95 Å². The van der Waals surface area contributed by atoms with E-state index in [0.717, 1.165) is 11.9 Å². The van der Waals surface area contributed by atoms with Crippen LogP contribution in [0.15, 0.2) is 12.4 Å². The molecule has 0 saturated heterocycles. The second-order valence-corrected chi connectivity index (χ2v) is 5.44. The van der Waals surface area contributed by atoms with Gasteiger partial charge in [0.05, 0.1) is 12.6 Å². The third kappa shape index (κ3) is 3.05. The Hall–Kier alpha value is -1.03. The molecule has 1 aliphatic carbocycles. The number of hydrogen-bond acceptors (Lipinski definition) is 3. The average Bonchev–Trinajstić information content (AvgIpc) is 2.99. The van der Waals surface area contributed by atoms with Gasteiger partial charge in [0.2, 0.25) is 5.95 Å². The molecule has 0 bridgehead atoms. The molecule has 18 heavy (non-hydrogen) atoms. The summed E-state index contributed by atoms with van der Waals surface area (Å²) in [6.45, 7) is 5.13. The van der Waals surface area contributed by atoms with Crippen molar-refractivity contribution < 1.29 is 4.74 Å². The van der Waals surface area contributed by atoms with E-state index in [1.807, 2.05) is 12.4 Å². The van der Waals surface area contributed by atoms with Gasteiger partial charge in [-0.1, -0.05) is 12.8 Å². The zero-order valence-corrected chi connectivity index (χ0v) is 11.7. The van der Waals surface area contributed by atoms with E-state index < -0.39 is 0 Å². The van der Waals surface area contributed by atoms with Crippen LogP contribution in [0.1, 0.15) is 45.6 Å². The van der Waals surface area contributed by atoms with Crippen LogP contribution >= 0.6 is 0 Å². The molecule has 0 aromatic carbocycles. The first-order chi connectivity index (χ1) is 8.72. The average molecular weight is 251 g/mol. The summed E-state index contributed by atoms with van der Waals surface area (Å²) >= 11 is 0. The minimum Gasteiger partial charge on any atom is -0.383 e. The molecule has 102 valence electrons. The zero-order valence-electron chi connectivity index (χ0n) is 11.7. The predicted octanol–water partition coefficient (Wildman–Crippen LogP) is 3.08. The largest absolute Gasteiger partial charge is 0.383 e. The van der Waals surface area contributed by atoms with E-state index in [9.17, 15) is 0 Å². The summed E-state index contributed by atoms with van der Waals surface area (Å²) in [5, 5.41) is 3.57. The van der Waals surface area contributed by atoms with Crippen molar-refractivity contribution in [3.8, 4) is 0 Å². The Morgan fingerprint density at radius 1 is 1.44 bits per heavy atom. The molecule has 2 atom stereocenters. The van der Waals surface area contributed by atoms with Crippen molar-refractivity contribution in [3.05, 3.63) is 12.4 Å². The second-order valence-electron chi connectivity index (χ2n) is 5.44. The van der Waals surface area contributed by atoms with Gasteiger partial charge in [0.15, 0.2) is 0 Å². The molecule has 1 fully saturated rings. The Labute approximate surface area is 110 Å². The Bertz CT molecular complexity index is 358. The lowest BCUT2D eigenvalue weighted by atomic mass is 10.0. The monoisotopic (exact) mass is 251 g/mol. The highest BCUT2D eigenvalue weighted by Gasteiger charge is 2.22. The molecule has 0 radical (unpaired) electrons. The van der Waals surface area contributed by atoms with Gasteiger partial charge in [0, 0.05) is 25.5 Å². The molecule has 2 rings (SSSR count). The molecular formula is C14H25N3O. The van der Waals surface area contributed by atoms with Crippen molar-refractivity contribution in [3.63, 3.8) is 0 Å². The molecule has 1 aromatic heterocycles. The molecule has 1 aromatic rings. The number of nitrogens with one attached hydrogen (secondary N) is 1. The maximum atomic E-state index is 5.21. The highest BCUT2D eigenvalue weighted by atomic mass is 16.5. The Morgan fingerprint density at radius 3 is 2.83 bits per heavy atom. The number of hydrogen-bond donors (Lipinski definition) is 1. The molecule has 2 unspecified atom stereocenters. The third-order valence-corrected chi connectivity index (χ3v) is 4.02. The first-order valence-electron chi connectivity index (χ1n) is 7.00. The van der Waals surface area contributed by atoms with Gasteiger partial charge in [-0.25, -0.2) is 4.98 Å². The minimum atomic E-state index is 0.316. The van der Waals surface area contributed by atoms with E-state index in [1.54, 1.807) is 7.11 Å². The number of anilines is 1. The molecule has 0 spiro atoms. The first kappa shape index (κ1) is 13.4. The lowest BCUT2D eigenvalue weighted by molar-refractivity contribution is 0.163. The Kier molecular flexibility index (Phi) is 4.64. The van der Waals surface area contributed by atoms with Gasteiger partial charge in [-0.2, -0.15) is 0 Å². The molecule has 1 aliphatic rings. The maximum Gasteiger partial charge on any atom is 0.203 e. The summed E-state index contributed by atoms with van der Waals surface area (Å²) in [7, 11) is 1.74. The quantitative estimate of drug-likeness (QED) is 0.844. The van der Waals surface area contributed by atoms with Gasteiger partial charge in [0.1, 0.15) is 0 Å². The number of nitrogens with zero attached hydrogens (tertiary/aromatic N) is 2. The maximum absolute atomic E-state index is 5.21. The van der Waals surface area contributed by atoms with Crippen molar-refractivity contribution in [2.75, 3.05) is 19.0 Å². The minimum absolute atomic E-state index is 0.316. The van der Waals surface area contributed by atoms with Gasteiger partial charge in [-0.15, -0.1) is 0 Å². The molecule has 1 heterocycles. The van der Waals surface area contributed by atoms with Crippen molar-refractivity contribution in [1.82, 2.24) is 9.55 Å². The fraction of sp³-hybridized carbons (Fsp3) is 0.786. The highest BCUT2D eigenvalue weighted by Crippen LogP contribution is 2.29. The first-order valence-corrected chi connectivity index (χ1v) is 7.00. The van der Waals surface area contributed by atoms with Crippen LogP contribution in [0.3, 0.4) is 0 Å². The van der Waals surface area contributed by atoms with Crippen LogP contribution in [-0.2, 0) is 4.74 Å². The van der Waals surface area contributed by atoms with Crippen LogP contribution < -0.4 is 5.32 Å². The van der Waals surface area contributed by atoms with Gasteiger partial charge < -0.3 is 14.6 Å². The summed E-state index contributed by atoms with van der Waals surface area (Å²) in [5.74, 6) is 1.77. The fourth-order valence-corrected chi connectivity index (χ4v) is 2.88. The van der Waals surface area contributed by atoms with Crippen molar-refractivity contribution in [2.45, 2.75) is 51.6 Å². The van der Waals surface area contributed by atoms with Crippen LogP contribution in [0.5, 0.6) is 0 Å². The van der Waals surface area contributed by atoms with Gasteiger partial charge in [0.25, 0.3) is 0 Å². The summed E-state index contributed by atoms with van der Waals surface area (Å²) in [5.41, 5.74) is 0. The third-order valence-electron chi connectivity index (χ3n) is 4.02. The number of aromatic nitrogens is 2. The van der Waals surface area contributed by atoms with Gasteiger partial charge in [-0.3, -0.25) is 0 Å². The SMILES string of the molecule is COCC(C)n1ccnc1NC(C)C1CCCC1. The molecular weight excluding hydrogens is 226 g/mol. The van der Waals surface area contributed by atoms with E-state index >= 15 is 0 Å². The molecule has 1 saturated carbocycles. The summed E-state index contributed by atoms with van der Waals surface area (Å²) in [6, 6.07) is 0.819. The lowest BCUT2D eigenvalue weighted by Crippen LogP contribution is -2.26. The summed E-state index contributed by atoms with van der Waals surface area (Å²) < 4.78 is 7.37. The molecule has 1 N–H and O–H groups in total. The second kappa shape index (κ2) is 6.23. The van der Waals surface area contributed by atoms with Crippen LogP contribution in [0.4, 0.5) is 5.95 Å². The fourth-order valence-electron chi connectivity index (χ4n) is 2.88. The summed E-state index contributed by atoms with van der Waals surface area (Å²) in [6.07, 6.45) is 9.34. The van der Waals surface area contributed by atoms with Crippen molar-refractivity contribution in [2.24, 2.45) is 5.92 Å². The number of rotatable bonds is 6. The smallest absolute Gasteiger partial charge is 0.203 e. The Balaban J connectivity index is 1.98. The zero-order chi connectivity index (χ0) is 13.0. The molecule has 4 nitrogen and oxygen atoms in total. The van der Waals surface area contributed by atoms with Gasteiger partial charge in [-0.05, 0) is 32.6 Å². The van der Waals surface area contributed by atoms with Crippen molar-refractivity contribution in [1.29, 1.82) is 0 Å². The van der Waals surface area contributed by atoms with E-state index in [-0.39, 0.29) is 0 Å². The molecule has 0 amide bonds. The number of methoxy groups -OCH3 is 1. The summed E-state index contributed by atoms with van der Waals surface area (Å²) in [4.78, 5) is 4.43. The van der Waals surface area contributed by atoms with Crippen LogP contribution in [0.2, 0.25) is 0 Å². The van der Waals surface area contributed by atoms with Crippen LogP contribution in [0, 0.1) is 5.92 Å². The number of ether oxygens (including phenoxy) is 1. The molecule has 0 aliphatic heterocycles. The van der Waals surface area contributed by atoms with E-state index in [0.29, 0.717) is 18.7 Å². The van der Waals surface area contributed by atoms with Crippen LogP contribution in [0.25, 0.3) is 0 Å². The normalized spacial score (nSPS) is 19.9. The highest BCUT2D eigenvalue weighted by molar-refractivity contribution is 5.28. The van der Waals surface area contributed by atoms with E-state index in [2.05, 4.69) is 28.7 Å².